The lowest BCUT2D eigenvalue weighted by atomic mass is 9.96. The molecule has 0 aromatic rings. The van der Waals surface area contributed by atoms with Gasteiger partial charge in [-0.2, -0.15) is 0 Å². The molecule has 0 bridgehead atoms. The lowest BCUT2D eigenvalue weighted by molar-refractivity contribution is -0.149. The number of carbonyl (C=O) groups is 1. The third-order valence-electron chi connectivity index (χ3n) is 6.27. The molecule has 0 aliphatic rings. The summed E-state index contributed by atoms with van der Waals surface area (Å²) in [4.78, 5) is 12.3. The predicted octanol–water partition coefficient (Wildman–Crippen LogP) is 9.25. The van der Waals surface area contributed by atoms with E-state index in [0.29, 0.717) is 12.5 Å². The number of esters is 1. The van der Waals surface area contributed by atoms with Crippen molar-refractivity contribution in [3.8, 4) is 0 Å². The van der Waals surface area contributed by atoms with E-state index in [9.17, 15) is 4.79 Å². The highest BCUT2D eigenvalue weighted by molar-refractivity contribution is 5.71. The van der Waals surface area contributed by atoms with Gasteiger partial charge in [-0.3, -0.25) is 4.79 Å². The molecule has 0 aromatic heterocycles. The summed E-state index contributed by atoms with van der Waals surface area (Å²) in [7, 11) is 0. The van der Waals surface area contributed by atoms with Gasteiger partial charge >= 0.3 is 5.97 Å². The molecule has 0 fully saturated rings. The minimum absolute atomic E-state index is 0.0352. The van der Waals surface area contributed by atoms with Crippen LogP contribution in [-0.4, -0.2) is 12.6 Å². The number of carbonyl (C=O) groups excluding carboxylic acids is 1. The smallest absolute Gasteiger partial charge is 0.308 e. The van der Waals surface area contributed by atoms with Crippen LogP contribution in [0, 0.1) is 11.8 Å². The Bertz CT molecular complexity index is 339. The molecular weight excluding hydrogens is 356 g/mol. The molecule has 29 heavy (non-hydrogen) atoms. The van der Waals surface area contributed by atoms with Crippen LogP contribution >= 0.6 is 0 Å². The van der Waals surface area contributed by atoms with Crippen molar-refractivity contribution < 1.29 is 9.53 Å². The van der Waals surface area contributed by atoms with Crippen LogP contribution in [0.3, 0.4) is 0 Å². The van der Waals surface area contributed by atoms with Crippen LogP contribution in [0.4, 0.5) is 0 Å². The van der Waals surface area contributed by atoms with Gasteiger partial charge in [0.25, 0.3) is 0 Å². The van der Waals surface area contributed by atoms with Crippen LogP contribution in [0.5, 0.6) is 0 Å². The van der Waals surface area contributed by atoms with Gasteiger partial charge in [0.1, 0.15) is 0 Å². The first-order chi connectivity index (χ1) is 14.2. The van der Waals surface area contributed by atoms with Crippen molar-refractivity contribution in [2.75, 3.05) is 6.61 Å². The number of hydrogen-bond donors (Lipinski definition) is 0. The van der Waals surface area contributed by atoms with Crippen molar-refractivity contribution in [2.24, 2.45) is 11.8 Å². The van der Waals surface area contributed by atoms with Gasteiger partial charge in [-0.25, -0.2) is 0 Å². The second-order valence-electron chi connectivity index (χ2n) is 9.36. The summed E-state index contributed by atoms with van der Waals surface area (Å²) in [5.41, 5.74) is 0. The van der Waals surface area contributed by atoms with Crippen molar-refractivity contribution in [1.29, 1.82) is 0 Å². The minimum atomic E-state index is 0.0352. The van der Waals surface area contributed by atoms with E-state index in [4.69, 9.17) is 4.74 Å². The zero-order valence-electron chi connectivity index (χ0n) is 20.6. The van der Waals surface area contributed by atoms with E-state index >= 15 is 0 Å². The Morgan fingerprint density at radius 1 is 0.586 bits per heavy atom. The third-order valence-corrected chi connectivity index (χ3v) is 6.27. The molecular formula is C27H54O2. The van der Waals surface area contributed by atoms with E-state index < -0.39 is 0 Å². The number of ether oxygens (including phenoxy) is 1. The fourth-order valence-electron chi connectivity index (χ4n) is 4.15. The van der Waals surface area contributed by atoms with E-state index in [1.165, 1.54) is 116 Å². The molecule has 0 N–H and O–H groups in total. The second-order valence-corrected chi connectivity index (χ2v) is 9.36. The summed E-state index contributed by atoms with van der Waals surface area (Å²) < 4.78 is 5.70. The predicted molar refractivity (Wildman–Crippen MR) is 128 cm³/mol. The molecule has 0 aliphatic heterocycles. The van der Waals surface area contributed by atoms with Gasteiger partial charge in [0, 0.05) is 0 Å². The van der Waals surface area contributed by atoms with Crippen molar-refractivity contribution in [3.05, 3.63) is 0 Å². The molecule has 2 heteroatoms. The Kier molecular flexibility index (Phi) is 21.8. The van der Waals surface area contributed by atoms with E-state index in [1.807, 2.05) is 0 Å². The summed E-state index contributed by atoms with van der Waals surface area (Å²) in [6.45, 7) is 9.46. The quantitative estimate of drug-likeness (QED) is 0.131. The second kappa shape index (κ2) is 22.2. The molecule has 0 rings (SSSR count). The Morgan fingerprint density at radius 3 is 1.52 bits per heavy atom. The number of unbranched alkanes of at least 4 members (excludes halogenated alkanes) is 13. The standard InChI is InChI=1S/C27H54O2/c1-5-8-10-12-13-14-15-16-18-19-22-25(4)27(28)29-24-26(21-7-3)23-20-17-11-9-6-2/h25-26H,5-24H2,1-4H3. The SMILES string of the molecule is CCCCCCCCCCCCC(C)C(=O)OCC(CCC)CCCCCCC. The number of hydrogen-bond acceptors (Lipinski definition) is 2. The molecule has 0 aliphatic carbocycles. The van der Waals surface area contributed by atoms with Gasteiger partial charge < -0.3 is 4.74 Å². The Hall–Kier alpha value is -0.530. The highest BCUT2D eigenvalue weighted by atomic mass is 16.5. The average Bonchev–Trinajstić information content (AvgIpc) is 2.72. The zero-order chi connectivity index (χ0) is 21.6. The van der Waals surface area contributed by atoms with Gasteiger partial charge in [-0.15, -0.1) is 0 Å². The molecule has 0 saturated heterocycles. The summed E-state index contributed by atoms with van der Waals surface area (Å²) in [5.74, 6) is 0.666. The lowest BCUT2D eigenvalue weighted by Gasteiger charge is -2.18. The summed E-state index contributed by atoms with van der Waals surface area (Å²) in [5, 5.41) is 0. The minimum Gasteiger partial charge on any atom is -0.465 e. The molecule has 0 heterocycles. The zero-order valence-corrected chi connectivity index (χ0v) is 20.6. The van der Waals surface area contributed by atoms with Crippen LogP contribution < -0.4 is 0 Å². The Balaban J connectivity index is 3.71. The lowest BCUT2D eigenvalue weighted by Crippen LogP contribution is -2.19. The van der Waals surface area contributed by atoms with E-state index in [1.54, 1.807) is 0 Å². The van der Waals surface area contributed by atoms with Crippen LogP contribution in [0.2, 0.25) is 0 Å². The molecule has 0 aromatic carbocycles. The molecule has 0 saturated carbocycles. The van der Waals surface area contributed by atoms with Gasteiger partial charge in [-0.1, -0.05) is 130 Å². The normalized spacial score (nSPS) is 13.4. The van der Waals surface area contributed by atoms with E-state index in [0.717, 1.165) is 6.42 Å². The highest BCUT2D eigenvalue weighted by Crippen LogP contribution is 2.19. The molecule has 2 unspecified atom stereocenters. The van der Waals surface area contributed by atoms with Gasteiger partial charge in [-0.05, 0) is 25.2 Å². The topological polar surface area (TPSA) is 26.3 Å². The largest absolute Gasteiger partial charge is 0.465 e. The Morgan fingerprint density at radius 2 is 1.03 bits per heavy atom. The molecule has 2 atom stereocenters. The van der Waals surface area contributed by atoms with Crippen molar-refractivity contribution >= 4 is 5.97 Å². The van der Waals surface area contributed by atoms with Crippen molar-refractivity contribution in [3.63, 3.8) is 0 Å². The van der Waals surface area contributed by atoms with Crippen LogP contribution in [0.1, 0.15) is 150 Å². The fraction of sp³-hybridized carbons (Fsp3) is 0.963. The molecule has 2 nitrogen and oxygen atoms in total. The Labute approximate surface area is 184 Å². The first-order valence-corrected chi connectivity index (χ1v) is 13.3. The number of rotatable bonds is 22. The summed E-state index contributed by atoms with van der Waals surface area (Å²) in [6, 6.07) is 0. The molecule has 0 spiro atoms. The van der Waals surface area contributed by atoms with E-state index in [2.05, 4.69) is 27.7 Å². The first kappa shape index (κ1) is 28.5. The van der Waals surface area contributed by atoms with Crippen LogP contribution in [0.15, 0.2) is 0 Å². The van der Waals surface area contributed by atoms with Crippen molar-refractivity contribution in [2.45, 2.75) is 150 Å². The highest BCUT2D eigenvalue weighted by Gasteiger charge is 2.16. The molecule has 0 amide bonds. The first-order valence-electron chi connectivity index (χ1n) is 13.3. The maximum absolute atomic E-state index is 12.3. The van der Waals surface area contributed by atoms with Crippen LogP contribution in [0.25, 0.3) is 0 Å². The fourth-order valence-corrected chi connectivity index (χ4v) is 4.15. The van der Waals surface area contributed by atoms with Crippen LogP contribution in [-0.2, 0) is 9.53 Å². The summed E-state index contributed by atoms with van der Waals surface area (Å²) >= 11 is 0. The monoisotopic (exact) mass is 410 g/mol. The third kappa shape index (κ3) is 19.2. The average molecular weight is 411 g/mol. The summed E-state index contributed by atoms with van der Waals surface area (Å²) in [6.07, 6.45) is 24.7. The molecule has 174 valence electrons. The van der Waals surface area contributed by atoms with Gasteiger partial charge in [0.15, 0.2) is 0 Å². The molecule has 0 radical (unpaired) electrons. The van der Waals surface area contributed by atoms with Gasteiger partial charge in [0.2, 0.25) is 0 Å². The van der Waals surface area contributed by atoms with E-state index in [-0.39, 0.29) is 11.9 Å². The maximum Gasteiger partial charge on any atom is 0.308 e. The van der Waals surface area contributed by atoms with Gasteiger partial charge in [0.05, 0.1) is 12.5 Å². The van der Waals surface area contributed by atoms with Crippen molar-refractivity contribution in [1.82, 2.24) is 0 Å². The maximum atomic E-state index is 12.3.